The molecule has 0 radical (unpaired) electrons. The summed E-state index contributed by atoms with van der Waals surface area (Å²) in [6.45, 7) is 1.96. The molecule has 0 spiro atoms. The molecule has 1 unspecified atom stereocenters. The van der Waals surface area contributed by atoms with Crippen molar-refractivity contribution in [1.29, 1.82) is 0 Å². The minimum absolute atomic E-state index is 0.219. The van der Waals surface area contributed by atoms with Crippen LogP contribution in [0.3, 0.4) is 0 Å². The van der Waals surface area contributed by atoms with Crippen LogP contribution in [-0.4, -0.2) is 20.3 Å². The summed E-state index contributed by atoms with van der Waals surface area (Å²) in [6.07, 6.45) is 0. The lowest BCUT2D eigenvalue weighted by atomic mass is 10.5. The van der Waals surface area contributed by atoms with Gasteiger partial charge < -0.3 is 0 Å². The van der Waals surface area contributed by atoms with Crippen LogP contribution in [-0.2, 0) is 10.0 Å². The Balaban J connectivity index is 2.82. The van der Waals surface area contributed by atoms with E-state index in [1.54, 1.807) is 18.4 Å². The Hall–Kier alpha value is 0.380. The molecule has 0 saturated carbocycles. The van der Waals surface area contributed by atoms with Crippen molar-refractivity contribution in [1.82, 2.24) is 4.72 Å². The average molecular weight is 319 g/mol. The number of nitrogens with one attached hydrogen (secondary N) is 1. The van der Waals surface area contributed by atoms with E-state index in [0.29, 0.717) is 4.47 Å². The van der Waals surface area contributed by atoms with Crippen LogP contribution in [0.25, 0.3) is 0 Å². The fraction of sp³-hybridized carbons (Fsp3) is 0.429. The first-order valence-electron chi connectivity index (χ1n) is 3.80. The number of alkyl halides is 1. The fourth-order valence-corrected chi connectivity index (χ4v) is 4.44. The van der Waals surface area contributed by atoms with E-state index in [1.807, 2.05) is 0 Å². The Labute approximate surface area is 101 Å². The third kappa shape index (κ3) is 3.20. The normalized spacial score (nSPS) is 14.2. The quantitative estimate of drug-likeness (QED) is 0.867. The van der Waals surface area contributed by atoms with Gasteiger partial charge >= 0.3 is 0 Å². The van der Waals surface area contributed by atoms with E-state index in [-0.39, 0.29) is 16.1 Å². The van der Waals surface area contributed by atoms with E-state index < -0.39 is 10.0 Å². The van der Waals surface area contributed by atoms with E-state index in [4.69, 9.17) is 11.6 Å². The van der Waals surface area contributed by atoms with Gasteiger partial charge in [-0.1, -0.05) is 0 Å². The van der Waals surface area contributed by atoms with Crippen LogP contribution in [0.4, 0.5) is 0 Å². The van der Waals surface area contributed by atoms with Gasteiger partial charge in [-0.25, -0.2) is 13.1 Å². The molecule has 0 aromatic carbocycles. The first-order valence-corrected chi connectivity index (χ1v) is 7.39. The van der Waals surface area contributed by atoms with Gasteiger partial charge in [-0.3, -0.25) is 0 Å². The topological polar surface area (TPSA) is 46.2 Å². The van der Waals surface area contributed by atoms with E-state index in [1.165, 1.54) is 11.3 Å². The summed E-state index contributed by atoms with van der Waals surface area (Å²) < 4.78 is 26.5. The van der Waals surface area contributed by atoms with Gasteiger partial charge in [0.15, 0.2) is 0 Å². The highest BCUT2D eigenvalue weighted by molar-refractivity contribution is 9.10. The maximum absolute atomic E-state index is 11.6. The summed E-state index contributed by atoms with van der Waals surface area (Å²) in [6, 6.07) is 1.70. The average Bonchev–Trinajstić information content (AvgIpc) is 2.48. The van der Waals surface area contributed by atoms with Gasteiger partial charge in [-0.15, -0.1) is 22.9 Å². The van der Waals surface area contributed by atoms with Crippen molar-refractivity contribution in [3.8, 4) is 0 Å². The lowest BCUT2D eigenvalue weighted by Gasteiger charge is -2.06. The molecule has 1 heterocycles. The van der Waals surface area contributed by atoms with Crippen LogP contribution in [0.2, 0.25) is 0 Å². The van der Waals surface area contributed by atoms with E-state index in [0.717, 1.165) is 0 Å². The molecule has 1 rings (SSSR count). The SMILES string of the molecule is CC(Cl)CNS(=O)(=O)c1sccc1Br. The standard InChI is InChI=1S/C7H9BrClNO2S2/c1-5(9)4-10-14(11,12)7-6(8)2-3-13-7/h2-3,5,10H,4H2,1H3. The second-order valence-corrected chi connectivity index (χ2v) is 7.17. The van der Waals surface area contributed by atoms with Gasteiger partial charge in [-0.05, 0) is 34.3 Å². The van der Waals surface area contributed by atoms with Crippen LogP contribution in [0.1, 0.15) is 6.92 Å². The molecular weight excluding hydrogens is 310 g/mol. The monoisotopic (exact) mass is 317 g/mol. The molecule has 1 aromatic heterocycles. The smallest absolute Gasteiger partial charge is 0.209 e. The van der Waals surface area contributed by atoms with Crippen LogP contribution >= 0.6 is 38.9 Å². The van der Waals surface area contributed by atoms with Crippen LogP contribution in [0.5, 0.6) is 0 Å². The predicted octanol–water partition coefficient (Wildman–Crippen LogP) is 2.42. The summed E-state index contributed by atoms with van der Waals surface area (Å²) in [5, 5.41) is 1.49. The summed E-state index contributed by atoms with van der Waals surface area (Å²) in [5.74, 6) is 0. The molecule has 1 aromatic rings. The molecule has 0 amide bonds. The minimum Gasteiger partial charge on any atom is -0.209 e. The first-order chi connectivity index (χ1) is 6.43. The highest BCUT2D eigenvalue weighted by atomic mass is 79.9. The molecule has 0 fully saturated rings. The summed E-state index contributed by atoms with van der Waals surface area (Å²) in [5.41, 5.74) is 0. The summed E-state index contributed by atoms with van der Waals surface area (Å²) >= 11 is 9.98. The van der Waals surface area contributed by atoms with E-state index >= 15 is 0 Å². The molecule has 7 heteroatoms. The van der Waals surface area contributed by atoms with Crippen LogP contribution in [0, 0.1) is 0 Å². The Morgan fingerprint density at radius 2 is 2.36 bits per heavy atom. The zero-order valence-electron chi connectivity index (χ0n) is 7.33. The largest absolute Gasteiger partial charge is 0.251 e. The minimum atomic E-state index is -3.41. The van der Waals surface area contributed by atoms with Crippen LogP contribution in [0.15, 0.2) is 20.1 Å². The zero-order valence-corrected chi connectivity index (χ0v) is 11.3. The number of sulfonamides is 1. The van der Waals surface area contributed by atoms with Crippen molar-refractivity contribution in [3.63, 3.8) is 0 Å². The molecule has 80 valence electrons. The molecule has 0 aliphatic heterocycles. The molecule has 1 N–H and O–H groups in total. The highest BCUT2D eigenvalue weighted by Crippen LogP contribution is 2.27. The molecule has 14 heavy (non-hydrogen) atoms. The number of hydrogen-bond donors (Lipinski definition) is 1. The predicted molar refractivity (Wildman–Crippen MR) is 62.5 cm³/mol. The van der Waals surface area contributed by atoms with Crippen molar-refractivity contribution in [2.45, 2.75) is 16.5 Å². The molecule has 0 aliphatic rings. The second kappa shape index (κ2) is 4.94. The van der Waals surface area contributed by atoms with E-state index in [9.17, 15) is 8.42 Å². The second-order valence-electron chi connectivity index (χ2n) is 2.69. The van der Waals surface area contributed by atoms with Crippen molar-refractivity contribution < 1.29 is 8.42 Å². The van der Waals surface area contributed by atoms with Crippen molar-refractivity contribution in [2.75, 3.05) is 6.54 Å². The molecular formula is C7H9BrClNO2S2. The Bertz CT molecular complexity index is 402. The van der Waals surface area contributed by atoms with Gasteiger partial charge in [0.1, 0.15) is 4.21 Å². The molecule has 3 nitrogen and oxygen atoms in total. The summed E-state index contributed by atoms with van der Waals surface area (Å²) in [4.78, 5) is 0. The molecule has 0 aliphatic carbocycles. The van der Waals surface area contributed by atoms with Crippen molar-refractivity contribution in [2.24, 2.45) is 0 Å². The van der Waals surface area contributed by atoms with Crippen LogP contribution < -0.4 is 4.72 Å². The maximum Gasteiger partial charge on any atom is 0.251 e. The van der Waals surface area contributed by atoms with Gasteiger partial charge in [0.25, 0.3) is 10.0 Å². The molecule has 0 saturated heterocycles. The molecule has 1 atom stereocenters. The lowest BCUT2D eigenvalue weighted by molar-refractivity contribution is 0.583. The number of rotatable bonds is 4. The zero-order chi connectivity index (χ0) is 10.8. The third-order valence-electron chi connectivity index (χ3n) is 1.38. The first kappa shape index (κ1) is 12.4. The highest BCUT2D eigenvalue weighted by Gasteiger charge is 2.18. The van der Waals surface area contributed by atoms with Gasteiger partial charge in [0.2, 0.25) is 0 Å². The van der Waals surface area contributed by atoms with Crippen molar-refractivity contribution >= 4 is 48.9 Å². The number of thiophene rings is 1. The number of halogens is 2. The molecule has 0 bridgehead atoms. The third-order valence-corrected chi connectivity index (χ3v) is 5.63. The number of hydrogen-bond acceptors (Lipinski definition) is 3. The maximum atomic E-state index is 11.6. The Kier molecular flexibility index (Phi) is 4.39. The lowest BCUT2D eigenvalue weighted by Crippen LogP contribution is -2.28. The summed E-state index contributed by atoms with van der Waals surface area (Å²) in [7, 11) is -3.41. The Morgan fingerprint density at radius 1 is 1.71 bits per heavy atom. The van der Waals surface area contributed by atoms with Gasteiger partial charge in [0.05, 0.1) is 0 Å². The Morgan fingerprint density at radius 3 is 2.79 bits per heavy atom. The van der Waals surface area contributed by atoms with Crippen molar-refractivity contribution in [3.05, 3.63) is 15.9 Å². The fourth-order valence-electron chi connectivity index (χ4n) is 0.762. The van der Waals surface area contributed by atoms with Gasteiger partial charge in [-0.2, -0.15) is 0 Å². The van der Waals surface area contributed by atoms with Gasteiger partial charge in [0, 0.05) is 16.4 Å². The van der Waals surface area contributed by atoms with E-state index in [2.05, 4.69) is 20.7 Å².